The highest BCUT2D eigenvalue weighted by Crippen LogP contribution is 1.99. The maximum atomic E-state index is 3.76. The quantitative estimate of drug-likeness (QED) is 0.651. The van der Waals surface area contributed by atoms with Gasteiger partial charge in [0.05, 0.1) is 0 Å². The Balaban J connectivity index is -0.000000138. The molecule has 0 saturated carbocycles. The molecule has 1 nitrogen and oxygen atoms in total. The molecule has 70 valence electrons. The van der Waals surface area contributed by atoms with E-state index in [9.17, 15) is 0 Å². The van der Waals surface area contributed by atoms with E-state index in [1.54, 1.807) is 0 Å². The highest BCUT2D eigenvalue weighted by atomic mass is 14.8. The molecule has 1 N–H and O–H groups in total. The van der Waals surface area contributed by atoms with Crippen molar-refractivity contribution in [3.8, 4) is 0 Å². The largest absolute Gasteiger partial charge is 0.392 e. The van der Waals surface area contributed by atoms with E-state index in [1.165, 1.54) is 0 Å². The Morgan fingerprint density at radius 2 is 1.36 bits per heavy atom. The highest BCUT2D eigenvalue weighted by molar-refractivity contribution is 4.92. The van der Waals surface area contributed by atoms with Gasteiger partial charge >= 0.3 is 0 Å². The van der Waals surface area contributed by atoms with Crippen molar-refractivity contribution in [3.05, 3.63) is 12.3 Å². The van der Waals surface area contributed by atoms with E-state index in [2.05, 4.69) is 25.7 Å². The summed E-state index contributed by atoms with van der Waals surface area (Å²) in [6.45, 7) is 16.0. The predicted molar refractivity (Wildman–Crippen MR) is 55.7 cm³/mol. The molecule has 0 saturated heterocycles. The van der Waals surface area contributed by atoms with Crippen molar-refractivity contribution >= 4 is 0 Å². The summed E-state index contributed by atoms with van der Waals surface area (Å²) in [5.41, 5.74) is 1.10. The smallest absolute Gasteiger partial charge is 0.00570 e. The van der Waals surface area contributed by atoms with E-state index >= 15 is 0 Å². The molecule has 0 amide bonds. The van der Waals surface area contributed by atoms with Gasteiger partial charge in [-0.3, -0.25) is 0 Å². The van der Waals surface area contributed by atoms with Gasteiger partial charge in [-0.05, 0) is 5.92 Å². The van der Waals surface area contributed by atoms with Crippen LogP contribution in [-0.2, 0) is 0 Å². The van der Waals surface area contributed by atoms with Crippen molar-refractivity contribution in [2.75, 3.05) is 7.05 Å². The van der Waals surface area contributed by atoms with Gasteiger partial charge in [-0.25, -0.2) is 0 Å². The third-order valence-electron chi connectivity index (χ3n) is 1.02. The van der Waals surface area contributed by atoms with Crippen LogP contribution in [0.5, 0.6) is 0 Å². The summed E-state index contributed by atoms with van der Waals surface area (Å²) in [4.78, 5) is 0. The van der Waals surface area contributed by atoms with Gasteiger partial charge < -0.3 is 5.32 Å². The van der Waals surface area contributed by atoms with Crippen LogP contribution in [0.25, 0.3) is 0 Å². The normalized spacial score (nSPS) is 6.91. The first-order valence-corrected chi connectivity index (χ1v) is 4.55. The average Bonchev–Trinajstić information content (AvgIpc) is 2.10. The summed E-state index contributed by atoms with van der Waals surface area (Å²) < 4.78 is 0. The van der Waals surface area contributed by atoms with E-state index in [0.29, 0.717) is 5.92 Å². The summed E-state index contributed by atoms with van der Waals surface area (Å²) >= 11 is 0. The molecule has 0 aliphatic carbocycles. The second-order valence-electron chi connectivity index (χ2n) is 1.93. The van der Waals surface area contributed by atoms with E-state index in [0.717, 1.165) is 5.70 Å². The average molecular weight is 159 g/mol. The Morgan fingerprint density at radius 1 is 1.09 bits per heavy atom. The van der Waals surface area contributed by atoms with Gasteiger partial charge in [0.15, 0.2) is 0 Å². The molecule has 0 atom stereocenters. The number of hydrogen-bond donors (Lipinski definition) is 1. The lowest BCUT2D eigenvalue weighted by atomic mass is 10.2. The Kier molecular flexibility index (Phi) is 25.0. The van der Waals surface area contributed by atoms with Crippen molar-refractivity contribution in [2.45, 2.75) is 41.5 Å². The fourth-order valence-electron chi connectivity index (χ4n) is 0.289. The molecule has 0 heterocycles. The first kappa shape index (κ1) is 16.9. The number of rotatable bonds is 2. The standard InChI is InChI=1S/C6H13N.2C2H6/c1-5(2)6(3)7-4;2*1-2/h5,7H,3H2,1-2,4H3;2*1-2H3. The van der Waals surface area contributed by atoms with Gasteiger partial charge in [-0.1, -0.05) is 48.1 Å². The van der Waals surface area contributed by atoms with Crippen molar-refractivity contribution in [1.29, 1.82) is 0 Å². The first-order chi connectivity index (χ1) is 5.18. The molecule has 0 unspecified atom stereocenters. The van der Waals surface area contributed by atoms with Crippen molar-refractivity contribution in [2.24, 2.45) is 5.92 Å². The third-order valence-corrected chi connectivity index (χ3v) is 1.02. The summed E-state index contributed by atoms with van der Waals surface area (Å²) in [6.07, 6.45) is 0. The van der Waals surface area contributed by atoms with Gasteiger partial charge in [0.25, 0.3) is 0 Å². The minimum atomic E-state index is 0.560. The van der Waals surface area contributed by atoms with Crippen LogP contribution >= 0.6 is 0 Å². The van der Waals surface area contributed by atoms with E-state index in [1.807, 2.05) is 34.7 Å². The number of allylic oxidation sites excluding steroid dienone is 1. The maximum absolute atomic E-state index is 3.76. The molecule has 0 aliphatic heterocycles. The minimum Gasteiger partial charge on any atom is -0.392 e. The van der Waals surface area contributed by atoms with Gasteiger partial charge in [0.2, 0.25) is 0 Å². The summed E-state index contributed by atoms with van der Waals surface area (Å²) in [5.74, 6) is 0.560. The molecule has 0 bridgehead atoms. The third kappa shape index (κ3) is 17.7. The molecule has 0 spiro atoms. The van der Waals surface area contributed by atoms with E-state index in [4.69, 9.17) is 0 Å². The lowest BCUT2D eigenvalue weighted by Gasteiger charge is -2.05. The zero-order valence-electron chi connectivity index (χ0n) is 9.28. The van der Waals surface area contributed by atoms with Crippen LogP contribution in [0.4, 0.5) is 0 Å². The highest BCUT2D eigenvalue weighted by Gasteiger charge is 1.92. The molecule has 0 aliphatic rings. The Bertz CT molecular complexity index is 65.3. The summed E-state index contributed by atoms with van der Waals surface area (Å²) in [7, 11) is 1.89. The monoisotopic (exact) mass is 159 g/mol. The molecular formula is C10H25N. The van der Waals surface area contributed by atoms with Crippen molar-refractivity contribution in [1.82, 2.24) is 5.32 Å². The SMILES string of the molecule is C=C(NC)C(C)C.CC.CC. The second kappa shape index (κ2) is 16.3. The lowest BCUT2D eigenvalue weighted by molar-refractivity contribution is 0.704. The van der Waals surface area contributed by atoms with Gasteiger partial charge in [-0.2, -0.15) is 0 Å². The van der Waals surface area contributed by atoms with Gasteiger partial charge in [-0.15, -0.1) is 0 Å². The Morgan fingerprint density at radius 3 is 1.36 bits per heavy atom. The fourth-order valence-corrected chi connectivity index (χ4v) is 0.289. The van der Waals surface area contributed by atoms with Crippen LogP contribution in [0.1, 0.15) is 41.5 Å². The van der Waals surface area contributed by atoms with E-state index < -0.39 is 0 Å². The first-order valence-electron chi connectivity index (χ1n) is 4.55. The molecule has 0 aromatic heterocycles. The predicted octanol–water partition coefficient (Wildman–Crippen LogP) is 3.43. The van der Waals surface area contributed by atoms with Crippen LogP contribution in [0.15, 0.2) is 12.3 Å². The molecule has 1 heteroatoms. The van der Waals surface area contributed by atoms with Crippen LogP contribution in [0.3, 0.4) is 0 Å². The van der Waals surface area contributed by atoms with Gasteiger partial charge in [0.1, 0.15) is 0 Å². The Labute approximate surface area is 72.9 Å². The zero-order chi connectivity index (χ0) is 9.86. The number of nitrogens with one attached hydrogen (secondary N) is 1. The van der Waals surface area contributed by atoms with Crippen LogP contribution < -0.4 is 5.32 Å². The zero-order valence-corrected chi connectivity index (χ0v) is 9.28. The molecule has 11 heavy (non-hydrogen) atoms. The lowest BCUT2D eigenvalue weighted by Crippen LogP contribution is -2.09. The van der Waals surface area contributed by atoms with Crippen molar-refractivity contribution < 1.29 is 0 Å². The maximum Gasteiger partial charge on any atom is 0.00570 e. The second-order valence-corrected chi connectivity index (χ2v) is 1.93. The fraction of sp³-hybridized carbons (Fsp3) is 0.800. The van der Waals surface area contributed by atoms with Crippen LogP contribution in [0, 0.1) is 5.92 Å². The molecule has 0 aromatic rings. The van der Waals surface area contributed by atoms with Crippen molar-refractivity contribution in [3.63, 3.8) is 0 Å². The van der Waals surface area contributed by atoms with Crippen LogP contribution in [-0.4, -0.2) is 7.05 Å². The molecule has 0 rings (SSSR count). The topological polar surface area (TPSA) is 12.0 Å². The molecule has 0 fully saturated rings. The van der Waals surface area contributed by atoms with Gasteiger partial charge in [0, 0.05) is 12.7 Å². The minimum absolute atomic E-state index is 0.560. The summed E-state index contributed by atoms with van der Waals surface area (Å²) in [5, 5.41) is 2.97. The van der Waals surface area contributed by atoms with E-state index in [-0.39, 0.29) is 0 Å². The van der Waals surface area contributed by atoms with Crippen LogP contribution in [0.2, 0.25) is 0 Å². The molecule has 0 aromatic carbocycles. The molecule has 0 radical (unpaired) electrons. The number of hydrogen-bond acceptors (Lipinski definition) is 1. The molecular weight excluding hydrogens is 134 g/mol. The Hall–Kier alpha value is -0.460. The summed E-state index contributed by atoms with van der Waals surface area (Å²) in [6, 6.07) is 0.